The predicted octanol–water partition coefficient (Wildman–Crippen LogP) is -23.0. The van der Waals surface area contributed by atoms with Crippen molar-refractivity contribution < 1.29 is 237 Å². The number of carboxylic acids is 6. The fraction of sp³-hybridized carbons (Fsp3) is 0.500. The summed E-state index contributed by atoms with van der Waals surface area (Å²) in [5.74, 6) is -10.7. The molecule has 0 rings (SSSR count). The predicted molar refractivity (Wildman–Crippen MR) is 76.5 cm³/mol. The van der Waals surface area contributed by atoms with Crippen LogP contribution in [-0.4, -0.2) is 77.7 Å². The average Bonchev–Trinajstić information content (AvgIpc) is 2.41. The molecule has 0 aromatic carbocycles. The van der Waals surface area contributed by atoms with Crippen LogP contribution >= 0.6 is 7.82 Å². The zero-order valence-corrected chi connectivity index (χ0v) is 30.8. The Kier molecular flexibility index (Phi) is 43.3. The summed E-state index contributed by atoms with van der Waals surface area (Å²) < 4.78 is 8.55. The molecule has 0 atom stereocenters. The molecule has 0 fully saturated rings. The molecule has 0 bridgehead atoms. The molecular formula is C12H14Na5O18P. The van der Waals surface area contributed by atoms with E-state index in [1.54, 1.807) is 0 Å². The molecule has 6 N–H and O–H groups in total. The number of hydrogen-bond donors (Lipinski definition) is 6. The van der Waals surface area contributed by atoms with Gasteiger partial charge >= 0.3 is 172 Å². The number of carboxylic acid groups (broad SMARTS) is 6. The molecule has 0 amide bonds. The number of aliphatic carboxylic acids is 6. The molecular weight excluding hydrogens is 578 g/mol. The van der Waals surface area contributed by atoms with Crippen molar-refractivity contribution in [2.24, 2.45) is 0 Å². The van der Waals surface area contributed by atoms with Crippen LogP contribution in [0.1, 0.15) is 25.7 Å². The Bertz CT molecular complexity index is 662. The first kappa shape index (κ1) is 57.7. The molecule has 0 spiro atoms. The van der Waals surface area contributed by atoms with Gasteiger partial charge in [-0.2, -0.15) is 7.82 Å². The minimum atomic E-state index is -5.39. The van der Waals surface area contributed by atoms with Crippen molar-refractivity contribution in [3.8, 4) is 0 Å². The maximum Gasteiger partial charge on any atom is 1.00 e. The fourth-order valence-corrected chi connectivity index (χ4v) is 1.41. The molecule has 0 aliphatic rings. The fourth-order valence-electron chi connectivity index (χ4n) is 1.41. The topological polar surface area (TPSA) is 356 Å². The first-order chi connectivity index (χ1) is 13.6. The van der Waals surface area contributed by atoms with Crippen molar-refractivity contribution >= 4 is 43.6 Å². The summed E-state index contributed by atoms with van der Waals surface area (Å²) in [6.07, 6.45) is -4.88. The van der Waals surface area contributed by atoms with Crippen LogP contribution in [0.5, 0.6) is 0 Å². The Morgan fingerprint density at radius 1 is 0.556 bits per heavy atom. The molecule has 0 heterocycles. The van der Waals surface area contributed by atoms with Crippen molar-refractivity contribution in [2.75, 3.05) is 0 Å². The minimum absolute atomic E-state index is 0. The maximum absolute atomic E-state index is 10.3. The van der Waals surface area contributed by atoms with Crippen LogP contribution < -0.4 is 173 Å². The molecule has 0 unspecified atom stereocenters. The average molecular weight is 592 g/mol. The number of aliphatic hydroxyl groups is 2. The zero-order chi connectivity index (χ0) is 25.8. The first-order valence-corrected chi connectivity index (χ1v) is 8.49. The van der Waals surface area contributed by atoms with E-state index >= 15 is 0 Å². The van der Waals surface area contributed by atoms with Gasteiger partial charge in [0, 0.05) is 24.8 Å². The Hall–Kier alpha value is 1.85. The number of phosphoric acid groups is 1. The molecule has 0 saturated carbocycles. The van der Waals surface area contributed by atoms with Crippen molar-refractivity contribution in [3.05, 3.63) is 0 Å². The first-order valence-electron chi connectivity index (χ1n) is 7.03. The van der Waals surface area contributed by atoms with E-state index < -0.39 is 80.5 Å². The van der Waals surface area contributed by atoms with Gasteiger partial charge in [-0.1, -0.05) is 0 Å². The second kappa shape index (κ2) is 27.0. The van der Waals surface area contributed by atoms with Gasteiger partial charge in [-0.05, 0) is 0 Å². The van der Waals surface area contributed by atoms with Crippen LogP contribution in [-0.2, 0) is 33.3 Å². The summed E-state index contributed by atoms with van der Waals surface area (Å²) in [7, 11) is -5.39. The number of carbonyl (C=O) groups is 6. The van der Waals surface area contributed by atoms with Gasteiger partial charge in [-0.3, -0.25) is 9.59 Å². The largest absolute Gasteiger partial charge is 1.00 e. The molecule has 24 heteroatoms. The molecule has 0 radical (unpaired) electrons. The van der Waals surface area contributed by atoms with Gasteiger partial charge in [-0.25, -0.2) is 9.59 Å². The molecule has 36 heavy (non-hydrogen) atoms. The molecule has 0 aromatic rings. The third-order valence-electron chi connectivity index (χ3n) is 2.56. The molecule has 0 aliphatic carbocycles. The van der Waals surface area contributed by atoms with E-state index in [1.807, 2.05) is 0 Å². The van der Waals surface area contributed by atoms with Gasteiger partial charge in [0.15, 0.2) is 11.2 Å². The summed E-state index contributed by atoms with van der Waals surface area (Å²) in [5.41, 5.74) is -5.60. The van der Waals surface area contributed by atoms with Crippen LogP contribution in [0.3, 0.4) is 0 Å². The third-order valence-corrected chi connectivity index (χ3v) is 2.56. The van der Waals surface area contributed by atoms with Crippen molar-refractivity contribution in [3.63, 3.8) is 0 Å². The quantitative estimate of drug-likeness (QED) is 0.101. The minimum Gasteiger partial charge on any atom is -0.822 e. The Morgan fingerprint density at radius 2 is 0.722 bits per heavy atom. The second-order valence-electron chi connectivity index (χ2n) is 5.36. The number of hydrogen-bond acceptors (Lipinski definition) is 14. The zero-order valence-electron chi connectivity index (χ0n) is 19.9. The van der Waals surface area contributed by atoms with E-state index in [4.69, 9.17) is 49.9 Å². The monoisotopic (exact) mass is 592 g/mol. The summed E-state index contributed by atoms with van der Waals surface area (Å²) in [6, 6.07) is 0. The Balaban J connectivity index is -0.0000000547. The summed E-state index contributed by atoms with van der Waals surface area (Å²) in [6.45, 7) is 0. The van der Waals surface area contributed by atoms with Crippen molar-refractivity contribution in [2.45, 2.75) is 36.9 Å². The molecule has 0 aliphatic heterocycles. The SMILES string of the molecule is O=C(O)CC(O)(CC(=O)O)C(=O)O.O=C([O-])CC(O)(CC(=O)[O-])C(=O)O.O=P([O-])([O-])[O-].[Na+].[Na+].[Na+].[Na+].[Na+]. The maximum atomic E-state index is 10.3. The van der Waals surface area contributed by atoms with Crippen LogP contribution in [0.2, 0.25) is 0 Å². The van der Waals surface area contributed by atoms with Crippen LogP contribution in [0.25, 0.3) is 0 Å². The second-order valence-corrected chi connectivity index (χ2v) is 6.25. The Morgan fingerprint density at radius 3 is 0.833 bits per heavy atom. The number of rotatable bonds is 10. The molecule has 0 saturated heterocycles. The standard InChI is InChI=1S/2C6H8O7.5Na.H3O4P/c2*7-3(8)1-6(13,5(11)12)2-4(9)10;;;;;;1-5(2,3)4/h2*13H,1-2H2,(H,7,8)(H,9,10)(H,11,12);;;;;;(H3,1,2,3,4)/q;;5*+1;/p-5. The molecule has 18 nitrogen and oxygen atoms in total. The summed E-state index contributed by atoms with van der Waals surface area (Å²) in [5, 5.41) is 71.0. The van der Waals surface area contributed by atoms with Gasteiger partial charge in [-0.15, -0.1) is 0 Å². The van der Waals surface area contributed by atoms with E-state index in [0.717, 1.165) is 0 Å². The van der Waals surface area contributed by atoms with Crippen LogP contribution in [0.15, 0.2) is 0 Å². The van der Waals surface area contributed by atoms with Gasteiger partial charge in [0.05, 0.1) is 12.8 Å². The van der Waals surface area contributed by atoms with Crippen molar-refractivity contribution in [1.82, 2.24) is 0 Å². The third kappa shape index (κ3) is 38.0. The van der Waals surface area contributed by atoms with Crippen molar-refractivity contribution in [1.29, 1.82) is 0 Å². The summed E-state index contributed by atoms with van der Waals surface area (Å²) >= 11 is 0. The van der Waals surface area contributed by atoms with Gasteiger partial charge in [0.25, 0.3) is 0 Å². The smallest absolute Gasteiger partial charge is 0.822 e. The van der Waals surface area contributed by atoms with Gasteiger partial charge < -0.3 is 69.7 Å². The van der Waals surface area contributed by atoms with Crippen LogP contribution in [0, 0.1) is 0 Å². The van der Waals surface area contributed by atoms with E-state index in [1.165, 1.54) is 0 Å². The Labute approximate surface area is 312 Å². The van der Waals surface area contributed by atoms with E-state index in [-0.39, 0.29) is 148 Å². The van der Waals surface area contributed by atoms with E-state index in [2.05, 4.69) is 0 Å². The van der Waals surface area contributed by atoms with E-state index in [0.29, 0.717) is 0 Å². The molecule has 0 aromatic heterocycles. The molecule has 180 valence electrons. The van der Waals surface area contributed by atoms with E-state index in [9.17, 15) is 39.0 Å². The van der Waals surface area contributed by atoms with Gasteiger partial charge in [0.1, 0.15) is 0 Å². The normalized spacial score (nSPS) is 9.47. The number of carbonyl (C=O) groups excluding carboxylic acids is 2. The van der Waals surface area contributed by atoms with Gasteiger partial charge in [0.2, 0.25) is 0 Å². The summed E-state index contributed by atoms with van der Waals surface area (Å²) in [4.78, 5) is 86.3. The van der Waals surface area contributed by atoms with Crippen LogP contribution in [0.4, 0.5) is 0 Å².